The summed E-state index contributed by atoms with van der Waals surface area (Å²) >= 11 is 14.3. The SMILES string of the molecule is CC1=C(CCC(=O)O)c2nc1c(Br)c1nc(c(Br)c3[nH]c(c(CC(=O)O)c3CCC(=O)O)c(Br)c3[nH]c(c2Br)c(CC(=O)O)c3CCC(=O)O)C(CC(=O)O)=C1CCC(=O)O. The lowest BCUT2D eigenvalue weighted by atomic mass is 9.96. The Morgan fingerprint density at radius 2 is 0.754 bits per heavy atom. The van der Waals surface area contributed by atoms with Crippen LogP contribution in [0.3, 0.4) is 0 Å². The van der Waals surface area contributed by atoms with Gasteiger partial charge in [-0.05, 0) is 141 Å². The number of hydrogen-bond acceptors (Lipinski definition) is 9. The first-order valence-corrected chi connectivity index (χ1v) is 21.3. The first kappa shape index (κ1) is 46.9. The van der Waals surface area contributed by atoms with E-state index in [0.29, 0.717) is 11.1 Å². The number of carboxylic acid groups (broad SMARTS) is 7. The first-order chi connectivity index (χ1) is 28.6. The van der Waals surface area contributed by atoms with E-state index in [9.17, 15) is 69.3 Å². The number of fused-ring (bicyclic) bond motifs is 8. The standard InChI is InChI=1S/C39H34Br4N4O14/c1-13-14(2-6-21(48)49)33-29(41)37-19(11-26(58)59)16(4-8-23(52)53)35(46-37)31(43)39-20(12-27(60)61)17(5-9-24(54)55)36(47-39)30(42)38-18(10-25(56)57)15(3-7-22(50)51)34(45-38)28(40)32(13)44-33/h46-47H,2-12H2,1H3,(H,48,49)(H,50,51)(H,52,53)(H,54,55)(H,56,57)(H,58,59)(H,60,61). The average Bonchev–Trinajstić information content (AvgIpc) is 3.90. The molecule has 0 fully saturated rings. The molecule has 3 aromatic rings. The quantitative estimate of drug-likeness (QED) is 0.0589. The van der Waals surface area contributed by atoms with E-state index in [1.165, 1.54) is 0 Å². The maximum Gasteiger partial charge on any atom is 0.307 e. The van der Waals surface area contributed by atoms with Crippen LogP contribution < -0.4 is 0 Å². The molecule has 18 nitrogen and oxygen atoms in total. The van der Waals surface area contributed by atoms with Crippen LogP contribution in [0.4, 0.5) is 0 Å². The zero-order chi connectivity index (χ0) is 45.2. The van der Waals surface area contributed by atoms with Gasteiger partial charge in [-0.25, -0.2) is 9.97 Å². The van der Waals surface area contributed by atoms with Crippen molar-refractivity contribution in [3.63, 3.8) is 0 Å². The maximum atomic E-state index is 12.5. The molecule has 2 aliphatic heterocycles. The van der Waals surface area contributed by atoms with Gasteiger partial charge in [0, 0.05) is 25.7 Å². The van der Waals surface area contributed by atoms with Gasteiger partial charge in [-0.3, -0.25) is 33.6 Å². The molecule has 0 unspecified atom stereocenters. The van der Waals surface area contributed by atoms with Crippen LogP contribution >= 0.6 is 63.7 Å². The third kappa shape index (κ3) is 10.1. The Labute approximate surface area is 377 Å². The van der Waals surface area contributed by atoms with Crippen LogP contribution in [0.15, 0.2) is 17.9 Å². The molecule has 61 heavy (non-hydrogen) atoms. The average molecular weight is 1100 g/mol. The lowest BCUT2D eigenvalue weighted by Gasteiger charge is -2.08. The van der Waals surface area contributed by atoms with E-state index in [4.69, 9.17) is 9.97 Å². The highest BCUT2D eigenvalue weighted by atomic mass is 79.9. The number of aromatic nitrogens is 4. The van der Waals surface area contributed by atoms with Gasteiger partial charge in [0.2, 0.25) is 0 Å². The largest absolute Gasteiger partial charge is 0.481 e. The Hall–Kier alpha value is -5.19. The van der Waals surface area contributed by atoms with Gasteiger partial charge in [-0.2, -0.15) is 0 Å². The van der Waals surface area contributed by atoms with Gasteiger partial charge in [-0.1, -0.05) is 0 Å². The molecule has 9 N–H and O–H groups in total. The highest BCUT2D eigenvalue weighted by Gasteiger charge is 2.32. The fourth-order valence-electron chi connectivity index (χ4n) is 7.34. The summed E-state index contributed by atoms with van der Waals surface area (Å²) in [7, 11) is 0. The molecule has 3 aromatic heterocycles. The summed E-state index contributed by atoms with van der Waals surface area (Å²) in [5.41, 5.74) is 2.47. The van der Waals surface area contributed by atoms with Crippen molar-refractivity contribution >= 4 is 150 Å². The molecule has 5 rings (SSSR count). The fourth-order valence-corrected chi connectivity index (χ4v) is 10.1. The highest BCUT2D eigenvalue weighted by molar-refractivity contribution is 9.11. The molecular weight excluding hydrogens is 1070 g/mol. The van der Waals surface area contributed by atoms with E-state index in [1.54, 1.807) is 6.92 Å². The van der Waals surface area contributed by atoms with Crippen LogP contribution in [0.5, 0.6) is 0 Å². The van der Waals surface area contributed by atoms with E-state index in [2.05, 4.69) is 73.7 Å². The zero-order valence-corrected chi connectivity index (χ0v) is 38.0. The number of nitrogens with zero attached hydrogens (tertiary/aromatic N) is 2. The number of carbonyl (C=O) groups is 7. The van der Waals surface area contributed by atoms with Crippen molar-refractivity contribution in [3.8, 4) is 0 Å². The van der Waals surface area contributed by atoms with E-state index >= 15 is 0 Å². The van der Waals surface area contributed by atoms with Crippen molar-refractivity contribution < 1.29 is 69.3 Å². The Balaban J connectivity index is 2.20. The normalized spacial score (nSPS) is 12.5. The summed E-state index contributed by atoms with van der Waals surface area (Å²) in [5.74, 6) is -8.74. The van der Waals surface area contributed by atoms with Crippen LogP contribution in [0.2, 0.25) is 0 Å². The van der Waals surface area contributed by atoms with Crippen molar-refractivity contribution in [2.45, 2.75) is 77.6 Å². The Morgan fingerprint density at radius 1 is 0.410 bits per heavy atom. The van der Waals surface area contributed by atoms with Crippen LogP contribution in [0.25, 0.3) is 44.4 Å². The second-order valence-corrected chi connectivity index (χ2v) is 17.1. The molecule has 5 heterocycles. The summed E-state index contributed by atoms with van der Waals surface area (Å²) in [5, 5.41) is 69.5. The number of aliphatic carboxylic acids is 7. The zero-order valence-electron chi connectivity index (χ0n) is 31.7. The topological polar surface area (TPSA) is 318 Å². The number of rotatable bonds is 18. The fraction of sp³-hybridized carbons (Fsp3) is 0.308. The van der Waals surface area contributed by atoms with Gasteiger partial charge in [0.25, 0.3) is 0 Å². The smallest absolute Gasteiger partial charge is 0.307 e. The molecule has 22 heteroatoms. The first-order valence-electron chi connectivity index (χ1n) is 18.1. The van der Waals surface area contributed by atoms with Gasteiger partial charge >= 0.3 is 41.8 Å². The number of carboxylic acids is 7. The number of nitrogens with one attached hydrogen (secondary N) is 2. The van der Waals surface area contributed by atoms with E-state index in [0.717, 1.165) is 0 Å². The molecule has 0 saturated carbocycles. The molecule has 2 aliphatic rings. The molecule has 0 aromatic carbocycles. The van der Waals surface area contributed by atoms with Crippen molar-refractivity contribution in [1.29, 1.82) is 0 Å². The Kier molecular flexibility index (Phi) is 14.8. The van der Waals surface area contributed by atoms with Crippen LogP contribution in [0.1, 0.15) is 96.9 Å². The van der Waals surface area contributed by atoms with Gasteiger partial charge in [0.05, 0.1) is 82.0 Å². The molecule has 8 bridgehead atoms. The molecule has 0 spiro atoms. The summed E-state index contributed by atoms with van der Waals surface area (Å²) in [4.78, 5) is 101. The second-order valence-electron chi connectivity index (χ2n) is 13.9. The summed E-state index contributed by atoms with van der Waals surface area (Å²) < 4.78 is 0.420. The van der Waals surface area contributed by atoms with E-state index in [1.807, 2.05) is 0 Å². The third-order valence-electron chi connectivity index (χ3n) is 9.96. The monoisotopic (exact) mass is 1100 g/mol. The van der Waals surface area contributed by atoms with E-state index < -0.39 is 80.3 Å². The molecule has 0 amide bonds. The molecule has 0 saturated heterocycles. The van der Waals surface area contributed by atoms with Gasteiger partial charge in [0.1, 0.15) is 0 Å². The lowest BCUT2D eigenvalue weighted by Crippen LogP contribution is -2.05. The van der Waals surface area contributed by atoms with Gasteiger partial charge in [-0.15, -0.1) is 0 Å². The number of halogens is 4. The Bertz CT molecular complexity index is 2700. The molecule has 0 aliphatic carbocycles. The Morgan fingerprint density at radius 3 is 1.20 bits per heavy atom. The minimum absolute atomic E-state index is 0.0134. The number of aryl methyl sites for hydroxylation is 2. The van der Waals surface area contributed by atoms with Crippen molar-refractivity contribution in [2.24, 2.45) is 0 Å². The predicted molar refractivity (Wildman–Crippen MR) is 232 cm³/mol. The second kappa shape index (κ2) is 19.2. The minimum Gasteiger partial charge on any atom is -0.481 e. The maximum absolute atomic E-state index is 12.5. The molecule has 0 atom stereocenters. The summed E-state index contributed by atoms with van der Waals surface area (Å²) in [6.45, 7) is 1.65. The number of H-pyrrole nitrogens is 2. The number of aromatic amines is 2. The third-order valence-corrected chi connectivity index (χ3v) is 13.0. The molecule has 322 valence electrons. The molecule has 0 radical (unpaired) electrons. The summed E-state index contributed by atoms with van der Waals surface area (Å²) in [6, 6.07) is 0. The highest BCUT2D eigenvalue weighted by Crippen LogP contribution is 2.47. The van der Waals surface area contributed by atoms with Crippen LogP contribution in [-0.4, -0.2) is 97.5 Å². The van der Waals surface area contributed by atoms with Crippen molar-refractivity contribution in [1.82, 2.24) is 19.9 Å². The number of allylic oxidation sites excluding steroid dienone is 3. The van der Waals surface area contributed by atoms with Crippen LogP contribution in [-0.2, 0) is 59.2 Å². The van der Waals surface area contributed by atoms with Crippen LogP contribution in [0, 0.1) is 0 Å². The minimum atomic E-state index is -1.33. The van der Waals surface area contributed by atoms with Crippen molar-refractivity contribution in [3.05, 3.63) is 62.9 Å². The predicted octanol–water partition coefficient (Wildman–Crippen LogP) is 7.70. The van der Waals surface area contributed by atoms with Gasteiger partial charge in [0.15, 0.2) is 0 Å². The van der Waals surface area contributed by atoms with E-state index in [-0.39, 0.29) is 128 Å². The van der Waals surface area contributed by atoms with Crippen molar-refractivity contribution in [2.75, 3.05) is 0 Å². The van der Waals surface area contributed by atoms with Gasteiger partial charge < -0.3 is 45.7 Å². The number of hydrogen-bond donors (Lipinski definition) is 9. The summed E-state index contributed by atoms with van der Waals surface area (Å²) in [6.07, 6.45) is -4.60. The lowest BCUT2D eigenvalue weighted by molar-refractivity contribution is -0.138. The molecular formula is C39H34Br4N4O14.